The van der Waals surface area contributed by atoms with Crippen molar-refractivity contribution in [2.45, 2.75) is 0 Å². The van der Waals surface area contributed by atoms with Crippen LogP contribution in [0.25, 0.3) is 49.7 Å². The molecular formula is C40H26N4. The van der Waals surface area contributed by atoms with Gasteiger partial charge in [0.25, 0.3) is 0 Å². The lowest BCUT2D eigenvalue weighted by Crippen LogP contribution is -2.09. The van der Waals surface area contributed by atoms with E-state index in [4.69, 9.17) is 4.98 Å². The van der Waals surface area contributed by atoms with Gasteiger partial charge in [-0.15, -0.1) is 0 Å². The van der Waals surface area contributed by atoms with E-state index in [1.165, 1.54) is 10.8 Å². The van der Waals surface area contributed by atoms with Crippen molar-refractivity contribution in [1.29, 1.82) is 5.26 Å². The van der Waals surface area contributed by atoms with Gasteiger partial charge in [0.1, 0.15) is 5.82 Å². The van der Waals surface area contributed by atoms with Gasteiger partial charge in [-0.25, -0.2) is 4.98 Å². The van der Waals surface area contributed by atoms with Crippen LogP contribution in [0.3, 0.4) is 0 Å². The highest BCUT2D eigenvalue weighted by Gasteiger charge is 2.20. The fraction of sp³-hybridized carbons (Fsp3) is 0. The Labute approximate surface area is 255 Å². The van der Waals surface area contributed by atoms with Crippen molar-refractivity contribution < 1.29 is 0 Å². The Morgan fingerprint density at radius 2 is 1.00 bits per heavy atom. The molecule has 0 aliphatic carbocycles. The molecule has 0 unspecified atom stereocenters. The number of hydrogen-bond donors (Lipinski definition) is 0. The van der Waals surface area contributed by atoms with Crippen LogP contribution in [0, 0.1) is 11.3 Å². The highest BCUT2D eigenvalue weighted by atomic mass is 15.1. The zero-order valence-electron chi connectivity index (χ0n) is 23.8. The molecule has 0 atom stereocenters. The Kier molecular flexibility index (Phi) is 6.14. The normalized spacial score (nSPS) is 11.2. The van der Waals surface area contributed by atoms with Gasteiger partial charge in [0.05, 0.1) is 22.7 Å². The van der Waals surface area contributed by atoms with Crippen LogP contribution in [0.2, 0.25) is 0 Å². The first-order valence-electron chi connectivity index (χ1n) is 14.6. The van der Waals surface area contributed by atoms with Gasteiger partial charge in [-0.1, -0.05) is 84.9 Å². The average Bonchev–Trinajstić information content (AvgIpc) is 3.51. The molecule has 0 saturated heterocycles. The van der Waals surface area contributed by atoms with Crippen molar-refractivity contribution in [3.8, 4) is 23.1 Å². The first-order valence-corrected chi connectivity index (χ1v) is 14.6. The van der Waals surface area contributed by atoms with E-state index in [2.05, 4.69) is 137 Å². The summed E-state index contributed by atoms with van der Waals surface area (Å²) < 4.78 is 2.24. The van der Waals surface area contributed by atoms with Gasteiger partial charge in [0.2, 0.25) is 0 Å². The van der Waals surface area contributed by atoms with E-state index in [1.54, 1.807) is 0 Å². The van der Waals surface area contributed by atoms with E-state index in [-0.39, 0.29) is 0 Å². The van der Waals surface area contributed by atoms with Gasteiger partial charge in [0.15, 0.2) is 0 Å². The second-order valence-corrected chi connectivity index (χ2v) is 10.8. The second kappa shape index (κ2) is 10.6. The van der Waals surface area contributed by atoms with E-state index in [9.17, 15) is 5.26 Å². The van der Waals surface area contributed by atoms with Crippen molar-refractivity contribution in [2.75, 3.05) is 4.90 Å². The van der Waals surface area contributed by atoms with Crippen molar-refractivity contribution in [3.63, 3.8) is 0 Å². The topological polar surface area (TPSA) is 44.9 Å². The van der Waals surface area contributed by atoms with E-state index in [1.807, 2.05) is 36.4 Å². The number of benzene rings is 7. The van der Waals surface area contributed by atoms with Crippen LogP contribution in [0.4, 0.5) is 17.1 Å². The summed E-state index contributed by atoms with van der Waals surface area (Å²) in [4.78, 5) is 7.61. The summed E-state index contributed by atoms with van der Waals surface area (Å²) in [5.74, 6) is 0.851. The highest BCUT2D eigenvalue weighted by Crippen LogP contribution is 2.40. The summed E-state index contributed by atoms with van der Waals surface area (Å²) in [5, 5.41) is 14.1. The predicted octanol–water partition coefficient (Wildman–Crippen LogP) is 10.3. The lowest BCUT2D eigenvalue weighted by molar-refractivity contribution is 1.10. The van der Waals surface area contributed by atoms with Crippen LogP contribution < -0.4 is 4.90 Å². The number of hydrogen-bond acceptors (Lipinski definition) is 3. The molecule has 0 N–H and O–H groups in total. The molecule has 7 aromatic carbocycles. The second-order valence-electron chi connectivity index (χ2n) is 10.8. The van der Waals surface area contributed by atoms with Crippen LogP contribution in [0.15, 0.2) is 158 Å². The minimum atomic E-state index is 0.626. The summed E-state index contributed by atoms with van der Waals surface area (Å²) in [7, 11) is 0. The Bertz CT molecular complexity index is 2270. The quantitative estimate of drug-likeness (QED) is 0.196. The number of nitrogens with zero attached hydrogens (tertiary/aromatic N) is 4. The van der Waals surface area contributed by atoms with Gasteiger partial charge in [0, 0.05) is 39.1 Å². The molecule has 8 aromatic rings. The Hall–Kier alpha value is -6.18. The van der Waals surface area contributed by atoms with E-state index >= 15 is 0 Å². The maximum Gasteiger partial charge on any atom is 0.145 e. The minimum Gasteiger partial charge on any atom is -0.311 e. The molecule has 4 heteroatoms. The van der Waals surface area contributed by atoms with E-state index < -0.39 is 0 Å². The molecule has 0 saturated carbocycles. The Morgan fingerprint density at radius 1 is 0.500 bits per heavy atom. The molecule has 0 amide bonds. The van der Waals surface area contributed by atoms with E-state index in [0.29, 0.717) is 5.56 Å². The SMILES string of the molecule is N#Cc1ccc(-n2c(-c3ccc(N(c4ccccc4)c4ccccc4)cc3)nc3c4ccccc4c4ccccc4c32)cc1. The first-order chi connectivity index (χ1) is 21.8. The van der Waals surface area contributed by atoms with Gasteiger partial charge in [-0.05, 0) is 83.6 Å². The predicted molar refractivity (Wildman–Crippen MR) is 181 cm³/mol. The highest BCUT2D eigenvalue weighted by molar-refractivity contribution is 6.24. The third-order valence-corrected chi connectivity index (χ3v) is 8.20. The maximum absolute atomic E-state index is 9.49. The average molecular weight is 563 g/mol. The van der Waals surface area contributed by atoms with Crippen LogP contribution >= 0.6 is 0 Å². The van der Waals surface area contributed by atoms with Gasteiger partial charge >= 0.3 is 0 Å². The molecule has 1 heterocycles. The molecule has 0 radical (unpaired) electrons. The number of aromatic nitrogens is 2. The number of para-hydroxylation sites is 2. The van der Waals surface area contributed by atoms with Crippen LogP contribution in [-0.2, 0) is 0 Å². The monoisotopic (exact) mass is 562 g/mol. The number of anilines is 3. The third kappa shape index (κ3) is 4.19. The lowest BCUT2D eigenvalue weighted by atomic mass is 10.00. The minimum absolute atomic E-state index is 0.626. The smallest absolute Gasteiger partial charge is 0.145 e. The third-order valence-electron chi connectivity index (χ3n) is 8.20. The molecule has 0 aliphatic rings. The van der Waals surface area contributed by atoms with E-state index in [0.717, 1.165) is 55.9 Å². The summed E-state index contributed by atoms with van der Waals surface area (Å²) in [6.45, 7) is 0. The molecule has 0 spiro atoms. The molecule has 4 nitrogen and oxygen atoms in total. The zero-order chi connectivity index (χ0) is 29.5. The molecule has 44 heavy (non-hydrogen) atoms. The number of rotatable bonds is 5. The first kappa shape index (κ1) is 25.5. The van der Waals surface area contributed by atoms with Crippen molar-refractivity contribution >= 4 is 49.6 Å². The van der Waals surface area contributed by atoms with Crippen LogP contribution in [-0.4, -0.2) is 9.55 Å². The molecular weight excluding hydrogens is 536 g/mol. The largest absolute Gasteiger partial charge is 0.311 e. The van der Waals surface area contributed by atoms with Crippen LogP contribution in [0.1, 0.15) is 5.56 Å². The van der Waals surface area contributed by atoms with Crippen molar-refractivity contribution in [2.24, 2.45) is 0 Å². The molecule has 0 bridgehead atoms. The fourth-order valence-electron chi connectivity index (χ4n) is 6.20. The van der Waals surface area contributed by atoms with Gasteiger partial charge < -0.3 is 4.90 Å². The fourth-order valence-corrected chi connectivity index (χ4v) is 6.20. The molecule has 1 aromatic heterocycles. The lowest BCUT2D eigenvalue weighted by Gasteiger charge is -2.25. The Balaban J connectivity index is 1.37. The summed E-state index contributed by atoms with van der Waals surface area (Å²) in [6, 6.07) is 56.5. The molecule has 0 fully saturated rings. The molecule has 8 rings (SSSR count). The summed E-state index contributed by atoms with van der Waals surface area (Å²) in [6.07, 6.45) is 0. The van der Waals surface area contributed by atoms with Gasteiger partial charge in [-0.3, -0.25) is 4.57 Å². The van der Waals surface area contributed by atoms with Crippen molar-refractivity contribution in [3.05, 3.63) is 163 Å². The molecule has 206 valence electrons. The summed E-state index contributed by atoms with van der Waals surface area (Å²) in [5.41, 5.74) is 7.84. The summed E-state index contributed by atoms with van der Waals surface area (Å²) >= 11 is 0. The standard InChI is InChI=1S/C40H26N4/c41-27-28-19-23-33(24-20-28)44-39-37-18-10-8-16-35(37)34-15-7-9-17-36(34)38(39)42-40(44)29-21-25-32(26-22-29)43(30-11-3-1-4-12-30)31-13-5-2-6-14-31/h1-26H. The van der Waals surface area contributed by atoms with Gasteiger partial charge in [-0.2, -0.15) is 5.26 Å². The maximum atomic E-state index is 9.49. The van der Waals surface area contributed by atoms with Crippen LogP contribution in [0.5, 0.6) is 0 Å². The van der Waals surface area contributed by atoms with Crippen molar-refractivity contribution in [1.82, 2.24) is 9.55 Å². The number of fused-ring (bicyclic) bond motifs is 6. The number of nitriles is 1. The number of imidazole rings is 1. The molecule has 0 aliphatic heterocycles. The zero-order valence-corrected chi connectivity index (χ0v) is 23.8. The Morgan fingerprint density at radius 3 is 1.59 bits per heavy atom.